The van der Waals surface area contributed by atoms with Gasteiger partial charge in [0.25, 0.3) is 0 Å². The van der Waals surface area contributed by atoms with Crippen molar-refractivity contribution in [1.29, 1.82) is 0 Å². The average molecular weight is 451 g/mol. The first-order chi connectivity index (χ1) is 15.5. The minimum atomic E-state index is -3.63. The fraction of sp³-hybridized carbons (Fsp3) is 0.400. The van der Waals surface area contributed by atoms with Gasteiger partial charge in [0.1, 0.15) is 0 Å². The first-order valence-electron chi connectivity index (χ1n) is 11.0. The van der Waals surface area contributed by atoms with Crippen molar-refractivity contribution in [1.82, 2.24) is 9.21 Å². The molecule has 0 aromatic heterocycles. The van der Waals surface area contributed by atoms with Crippen LogP contribution in [-0.4, -0.2) is 60.4 Å². The molecule has 1 aliphatic carbocycles. The van der Waals surface area contributed by atoms with Crippen molar-refractivity contribution in [3.8, 4) is 11.8 Å². The summed E-state index contributed by atoms with van der Waals surface area (Å²) in [7, 11) is -3.63. The van der Waals surface area contributed by atoms with E-state index < -0.39 is 10.0 Å². The Morgan fingerprint density at radius 1 is 1.03 bits per heavy atom. The number of amides is 1. The summed E-state index contributed by atoms with van der Waals surface area (Å²) < 4.78 is 27.4. The normalized spacial score (nSPS) is 25.5. The van der Waals surface area contributed by atoms with E-state index in [-0.39, 0.29) is 49.4 Å². The molecule has 2 saturated heterocycles. The monoisotopic (exact) mass is 450 g/mol. The number of fused-ring (bicyclic) bond motifs is 1. The van der Waals surface area contributed by atoms with Crippen molar-refractivity contribution < 1.29 is 18.3 Å². The summed E-state index contributed by atoms with van der Waals surface area (Å²) in [6.45, 7) is -0.0806. The van der Waals surface area contributed by atoms with Gasteiger partial charge in [0.05, 0.1) is 31.0 Å². The zero-order valence-corrected chi connectivity index (χ0v) is 18.5. The number of benzene rings is 2. The van der Waals surface area contributed by atoms with Crippen LogP contribution in [0.3, 0.4) is 0 Å². The van der Waals surface area contributed by atoms with Crippen molar-refractivity contribution in [3.63, 3.8) is 0 Å². The van der Waals surface area contributed by atoms with Crippen LogP contribution in [0.15, 0.2) is 54.6 Å². The number of aliphatic hydroxyl groups excluding tert-OH is 1. The summed E-state index contributed by atoms with van der Waals surface area (Å²) in [4.78, 5) is 14.5. The molecule has 2 aliphatic heterocycles. The number of hydrogen-bond donors (Lipinski definition) is 1. The largest absolute Gasteiger partial charge is 0.394 e. The van der Waals surface area contributed by atoms with Gasteiger partial charge in [0, 0.05) is 23.9 Å². The predicted octanol–water partition coefficient (Wildman–Crippen LogP) is 1.95. The quantitative estimate of drug-likeness (QED) is 0.707. The van der Waals surface area contributed by atoms with E-state index in [4.69, 9.17) is 0 Å². The molecule has 166 valence electrons. The molecule has 2 heterocycles. The molecule has 2 aromatic rings. The highest BCUT2D eigenvalue weighted by Crippen LogP contribution is 2.43. The predicted molar refractivity (Wildman–Crippen MR) is 121 cm³/mol. The van der Waals surface area contributed by atoms with Gasteiger partial charge in [0.2, 0.25) is 15.9 Å². The maximum absolute atomic E-state index is 13.0. The van der Waals surface area contributed by atoms with E-state index in [9.17, 15) is 18.3 Å². The van der Waals surface area contributed by atoms with E-state index in [1.165, 1.54) is 17.1 Å². The fourth-order valence-electron chi connectivity index (χ4n) is 4.76. The molecule has 0 spiro atoms. The van der Waals surface area contributed by atoms with Gasteiger partial charge in [0.15, 0.2) is 0 Å². The summed E-state index contributed by atoms with van der Waals surface area (Å²) in [6, 6.07) is 16.3. The number of carbonyl (C=O) groups excluding carboxylic acids is 1. The van der Waals surface area contributed by atoms with Crippen molar-refractivity contribution >= 4 is 15.9 Å². The lowest BCUT2D eigenvalue weighted by molar-refractivity contribution is -0.158. The van der Waals surface area contributed by atoms with Crippen LogP contribution in [0.5, 0.6) is 0 Å². The van der Waals surface area contributed by atoms with Crippen LogP contribution in [0, 0.1) is 17.8 Å². The fourth-order valence-corrected chi connectivity index (χ4v) is 6.24. The highest BCUT2D eigenvalue weighted by atomic mass is 32.2. The molecule has 0 bridgehead atoms. The second-order valence-electron chi connectivity index (χ2n) is 8.84. The van der Waals surface area contributed by atoms with Crippen LogP contribution in [0.4, 0.5) is 0 Å². The van der Waals surface area contributed by atoms with Gasteiger partial charge in [-0.1, -0.05) is 54.3 Å². The molecule has 0 unspecified atom stereocenters. The van der Waals surface area contributed by atoms with Gasteiger partial charge < -0.3 is 10.0 Å². The Balaban J connectivity index is 1.35. The van der Waals surface area contributed by atoms with Gasteiger partial charge in [-0.2, -0.15) is 4.31 Å². The maximum atomic E-state index is 13.0. The first-order valence-corrected chi connectivity index (χ1v) is 12.6. The summed E-state index contributed by atoms with van der Waals surface area (Å²) in [5, 5.41) is 9.95. The number of rotatable bonds is 5. The maximum Gasteiger partial charge on any atom is 0.238 e. The molecule has 2 aromatic carbocycles. The SMILES string of the molecule is O=C1CN(S(=O)(=O)Cc2ccccc2)C[C@H]2[C@H](c3ccc(C#CC4CC4)cc3)[C@H](CO)N12. The Hall–Kier alpha value is -2.66. The highest BCUT2D eigenvalue weighted by molar-refractivity contribution is 7.88. The summed E-state index contributed by atoms with van der Waals surface area (Å²) in [5.41, 5.74) is 2.64. The number of aliphatic hydroxyl groups is 1. The van der Waals surface area contributed by atoms with Crippen LogP contribution in [-0.2, 0) is 20.6 Å². The Labute approximate surface area is 188 Å². The molecule has 32 heavy (non-hydrogen) atoms. The lowest BCUT2D eigenvalue weighted by atomic mass is 9.74. The van der Waals surface area contributed by atoms with Gasteiger partial charge in [-0.25, -0.2) is 8.42 Å². The van der Waals surface area contributed by atoms with E-state index in [2.05, 4.69) is 11.8 Å². The molecular formula is C25H26N2O4S. The summed E-state index contributed by atoms with van der Waals surface area (Å²) in [6.07, 6.45) is 2.36. The Morgan fingerprint density at radius 3 is 2.41 bits per heavy atom. The van der Waals surface area contributed by atoms with Crippen molar-refractivity contribution in [2.24, 2.45) is 5.92 Å². The topological polar surface area (TPSA) is 77.9 Å². The summed E-state index contributed by atoms with van der Waals surface area (Å²) >= 11 is 0. The number of hydrogen-bond acceptors (Lipinski definition) is 4. The number of piperazine rings is 1. The smallest absolute Gasteiger partial charge is 0.238 e. The van der Waals surface area contributed by atoms with Crippen molar-refractivity contribution in [2.75, 3.05) is 19.7 Å². The minimum Gasteiger partial charge on any atom is -0.394 e. The molecule has 3 fully saturated rings. The third kappa shape index (κ3) is 4.06. The number of carbonyl (C=O) groups is 1. The van der Waals surface area contributed by atoms with Gasteiger partial charge in [-0.15, -0.1) is 0 Å². The van der Waals surface area contributed by atoms with Crippen LogP contribution < -0.4 is 0 Å². The van der Waals surface area contributed by atoms with Crippen LogP contribution >= 0.6 is 0 Å². The van der Waals surface area contributed by atoms with Gasteiger partial charge in [-0.3, -0.25) is 4.79 Å². The third-order valence-electron chi connectivity index (χ3n) is 6.60. The lowest BCUT2D eigenvalue weighted by Gasteiger charge is -2.58. The molecular weight excluding hydrogens is 424 g/mol. The Morgan fingerprint density at radius 2 is 1.75 bits per heavy atom. The first kappa shape index (κ1) is 21.2. The zero-order chi connectivity index (χ0) is 22.3. The molecule has 0 radical (unpaired) electrons. The number of sulfonamides is 1. The molecule has 1 saturated carbocycles. The van der Waals surface area contributed by atoms with E-state index in [1.54, 1.807) is 29.2 Å². The standard InChI is InChI=1S/C25H26N2O4S/c28-16-23-25(21-12-10-19(11-13-21)9-8-18-6-7-18)22-14-26(15-24(29)27(22)23)32(30,31)17-20-4-2-1-3-5-20/h1-5,10-13,18,22-23,25,28H,6-7,14-17H2/t22-,23-,25-/m0/s1. The minimum absolute atomic E-state index is 0.107. The van der Waals surface area contributed by atoms with Crippen molar-refractivity contribution in [3.05, 3.63) is 71.3 Å². The van der Waals surface area contributed by atoms with E-state index in [1.807, 2.05) is 30.3 Å². The molecule has 3 aliphatic rings. The van der Waals surface area contributed by atoms with Gasteiger partial charge >= 0.3 is 0 Å². The van der Waals surface area contributed by atoms with Crippen molar-refractivity contribution in [2.45, 2.75) is 36.6 Å². The molecule has 1 N–H and O–H groups in total. The number of nitrogens with zero attached hydrogens (tertiary/aromatic N) is 2. The molecule has 1 amide bonds. The molecule has 7 heteroatoms. The van der Waals surface area contributed by atoms with E-state index in [0.29, 0.717) is 11.5 Å². The Bertz CT molecular complexity index is 1160. The Kier molecular flexibility index (Phi) is 5.54. The average Bonchev–Trinajstić information content (AvgIpc) is 3.59. The van der Waals surface area contributed by atoms with Crippen LogP contribution in [0.2, 0.25) is 0 Å². The second kappa shape index (κ2) is 8.36. The summed E-state index contributed by atoms with van der Waals surface area (Å²) in [5.74, 6) is 6.49. The van der Waals surface area contributed by atoms with E-state index in [0.717, 1.165) is 11.1 Å². The van der Waals surface area contributed by atoms with Crippen LogP contribution in [0.1, 0.15) is 35.4 Å². The highest BCUT2D eigenvalue weighted by Gasteiger charge is 2.55. The third-order valence-corrected chi connectivity index (χ3v) is 8.36. The molecule has 3 atom stereocenters. The van der Waals surface area contributed by atoms with Gasteiger partial charge in [-0.05, 0) is 36.1 Å². The zero-order valence-electron chi connectivity index (χ0n) is 17.7. The van der Waals surface area contributed by atoms with Crippen LogP contribution in [0.25, 0.3) is 0 Å². The molecule has 6 nitrogen and oxygen atoms in total. The van der Waals surface area contributed by atoms with E-state index >= 15 is 0 Å². The molecule has 5 rings (SSSR count). The lowest BCUT2D eigenvalue weighted by Crippen LogP contribution is -2.73. The second-order valence-corrected chi connectivity index (χ2v) is 10.8.